The van der Waals surface area contributed by atoms with Crippen LogP contribution in [0.4, 0.5) is 0 Å². The van der Waals surface area contributed by atoms with Crippen molar-refractivity contribution in [2.24, 2.45) is 5.84 Å². The molecule has 2 aromatic heterocycles. The maximum absolute atomic E-state index is 5.58. The number of hydrazine groups is 1. The van der Waals surface area contributed by atoms with Gasteiger partial charge in [0.05, 0.1) is 25.6 Å². The van der Waals surface area contributed by atoms with Gasteiger partial charge in [0.2, 0.25) is 0 Å². The Morgan fingerprint density at radius 2 is 2.41 bits per heavy atom. The lowest BCUT2D eigenvalue weighted by Gasteiger charge is -2.17. The second-order valence-electron chi connectivity index (χ2n) is 3.62. The molecule has 0 fully saturated rings. The molecule has 90 valence electrons. The molecular weight excluding hydrogens is 218 g/mol. The quantitative estimate of drug-likeness (QED) is 0.603. The van der Waals surface area contributed by atoms with Crippen LogP contribution in [0.2, 0.25) is 0 Å². The number of methoxy groups -OCH3 is 1. The zero-order valence-corrected chi connectivity index (χ0v) is 9.59. The van der Waals surface area contributed by atoms with Crippen LogP contribution in [0.5, 0.6) is 5.75 Å². The van der Waals surface area contributed by atoms with Crippen molar-refractivity contribution in [1.82, 2.24) is 10.4 Å². The van der Waals surface area contributed by atoms with Crippen molar-refractivity contribution in [1.29, 1.82) is 0 Å². The summed E-state index contributed by atoms with van der Waals surface area (Å²) in [5, 5.41) is 0. The molecule has 2 rings (SSSR count). The van der Waals surface area contributed by atoms with Gasteiger partial charge in [0.25, 0.3) is 0 Å². The Hall–Kier alpha value is -1.85. The first-order valence-electron chi connectivity index (χ1n) is 5.31. The van der Waals surface area contributed by atoms with Gasteiger partial charge in [-0.25, -0.2) is 0 Å². The van der Waals surface area contributed by atoms with Gasteiger partial charge in [0, 0.05) is 18.2 Å². The number of nitrogens with one attached hydrogen (secondary N) is 1. The van der Waals surface area contributed by atoms with Gasteiger partial charge in [-0.15, -0.1) is 0 Å². The fourth-order valence-electron chi connectivity index (χ4n) is 1.74. The smallest absolute Gasteiger partial charge is 0.141 e. The second-order valence-corrected chi connectivity index (χ2v) is 3.62. The third-order valence-electron chi connectivity index (χ3n) is 2.60. The fourth-order valence-corrected chi connectivity index (χ4v) is 1.74. The molecule has 0 amide bonds. The molecule has 5 heteroatoms. The first-order valence-corrected chi connectivity index (χ1v) is 5.31. The molecule has 0 radical (unpaired) electrons. The average Bonchev–Trinajstić information content (AvgIpc) is 2.89. The number of hydrogen-bond acceptors (Lipinski definition) is 5. The Morgan fingerprint density at radius 1 is 1.53 bits per heavy atom. The molecule has 0 saturated carbocycles. The molecular formula is C12H15N3O2. The molecule has 2 heterocycles. The first-order chi connectivity index (χ1) is 8.35. The van der Waals surface area contributed by atoms with E-state index in [2.05, 4.69) is 10.4 Å². The van der Waals surface area contributed by atoms with Gasteiger partial charge in [-0.2, -0.15) is 0 Å². The maximum atomic E-state index is 5.58. The van der Waals surface area contributed by atoms with E-state index in [1.807, 2.05) is 18.2 Å². The molecule has 0 aliphatic heterocycles. The minimum Gasteiger partial charge on any atom is -0.495 e. The van der Waals surface area contributed by atoms with E-state index >= 15 is 0 Å². The summed E-state index contributed by atoms with van der Waals surface area (Å²) >= 11 is 0. The lowest BCUT2D eigenvalue weighted by molar-refractivity contribution is 0.391. The van der Waals surface area contributed by atoms with E-state index < -0.39 is 0 Å². The predicted molar refractivity (Wildman–Crippen MR) is 63.3 cm³/mol. The maximum Gasteiger partial charge on any atom is 0.141 e. The predicted octanol–water partition coefficient (Wildman–Crippen LogP) is 1.43. The minimum atomic E-state index is -0.0703. The zero-order valence-electron chi connectivity index (χ0n) is 9.59. The number of nitrogens with zero attached hydrogens (tertiary/aromatic N) is 1. The number of hydrogen-bond donors (Lipinski definition) is 2. The summed E-state index contributed by atoms with van der Waals surface area (Å²) < 4.78 is 10.6. The summed E-state index contributed by atoms with van der Waals surface area (Å²) in [7, 11) is 1.61. The molecule has 0 spiro atoms. The van der Waals surface area contributed by atoms with Gasteiger partial charge < -0.3 is 9.15 Å². The van der Waals surface area contributed by atoms with Gasteiger partial charge in [-0.3, -0.25) is 16.3 Å². The molecule has 0 bridgehead atoms. The Labute approximate surface area is 99.6 Å². The van der Waals surface area contributed by atoms with Crippen LogP contribution in [0.25, 0.3) is 0 Å². The normalized spacial score (nSPS) is 12.4. The van der Waals surface area contributed by atoms with Crippen molar-refractivity contribution in [2.75, 3.05) is 7.11 Å². The largest absolute Gasteiger partial charge is 0.495 e. The van der Waals surface area contributed by atoms with Crippen molar-refractivity contribution in [2.45, 2.75) is 12.5 Å². The van der Waals surface area contributed by atoms with Gasteiger partial charge in [-0.1, -0.05) is 0 Å². The second kappa shape index (κ2) is 5.47. The van der Waals surface area contributed by atoms with E-state index in [-0.39, 0.29) is 6.04 Å². The first kappa shape index (κ1) is 11.6. The zero-order chi connectivity index (χ0) is 12.1. The minimum absolute atomic E-state index is 0.0703. The molecule has 0 aliphatic carbocycles. The van der Waals surface area contributed by atoms with Crippen molar-refractivity contribution in [3.8, 4) is 5.75 Å². The molecule has 2 aromatic rings. The average molecular weight is 233 g/mol. The van der Waals surface area contributed by atoms with Crippen LogP contribution in [0.15, 0.2) is 41.3 Å². The summed E-state index contributed by atoms with van der Waals surface area (Å²) in [4.78, 5) is 4.01. The number of furan rings is 1. The Kier molecular flexibility index (Phi) is 3.74. The van der Waals surface area contributed by atoms with Crippen LogP contribution in [0.1, 0.15) is 17.4 Å². The lowest BCUT2D eigenvalue weighted by Crippen LogP contribution is -2.29. The van der Waals surface area contributed by atoms with Crippen LogP contribution in [0.3, 0.4) is 0 Å². The van der Waals surface area contributed by atoms with E-state index in [9.17, 15) is 0 Å². The van der Waals surface area contributed by atoms with Crippen LogP contribution in [0, 0.1) is 0 Å². The van der Waals surface area contributed by atoms with Crippen LogP contribution in [-0.2, 0) is 6.42 Å². The topological polar surface area (TPSA) is 73.3 Å². The van der Waals surface area contributed by atoms with E-state index in [1.165, 1.54) is 0 Å². The van der Waals surface area contributed by atoms with Crippen LogP contribution in [-0.4, -0.2) is 12.1 Å². The van der Waals surface area contributed by atoms with Gasteiger partial charge in [0.15, 0.2) is 0 Å². The Morgan fingerprint density at radius 3 is 3.06 bits per heavy atom. The Balaban J connectivity index is 2.22. The summed E-state index contributed by atoms with van der Waals surface area (Å²) in [6, 6.07) is 5.58. The van der Waals surface area contributed by atoms with E-state index in [4.69, 9.17) is 15.0 Å². The number of ether oxygens (including phenoxy) is 1. The van der Waals surface area contributed by atoms with E-state index in [0.29, 0.717) is 12.2 Å². The molecule has 1 unspecified atom stereocenters. The fraction of sp³-hybridized carbons (Fsp3) is 0.250. The van der Waals surface area contributed by atoms with Gasteiger partial charge in [-0.05, 0) is 18.2 Å². The number of nitrogens with two attached hydrogens (primary N) is 1. The molecule has 3 N–H and O–H groups in total. The molecule has 0 aliphatic rings. The highest BCUT2D eigenvalue weighted by Gasteiger charge is 2.16. The van der Waals surface area contributed by atoms with Crippen LogP contribution >= 0.6 is 0 Å². The standard InChI is InChI=1S/C12H15N3O2/c1-16-12-8-14-5-4-10(12)11(15-13)7-9-3-2-6-17-9/h2-6,8,11,15H,7,13H2,1H3. The molecule has 17 heavy (non-hydrogen) atoms. The van der Waals surface area contributed by atoms with Gasteiger partial charge >= 0.3 is 0 Å². The lowest BCUT2D eigenvalue weighted by atomic mass is 10.0. The van der Waals surface area contributed by atoms with Crippen molar-refractivity contribution in [3.05, 3.63) is 48.2 Å². The SMILES string of the molecule is COc1cnccc1C(Cc1ccco1)NN. The third-order valence-corrected chi connectivity index (χ3v) is 2.60. The number of rotatable bonds is 5. The molecule has 0 aromatic carbocycles. The van der Waals surface area contributed by atoms with E-state index in [1.54, 1.807) is 25.8 Å². The molecule has 1 atom stereocenters. The van der Waals surface area contributed by atoms with Crippen LogP contribution < -0.4 is 16.0 Å². The van der Waals surface area contributed by atoms with Crippen molar-refractivity contribution in [3.63, 3.8) is 0 Å². The third kappa shape index (κ3) is 2.64. The highest BCUT2D eigenvalue weighted by atomic mass is 16.5. The van der Waals surface area contributed by atoms with Crippen molar-refractivity contribution < 1.29 is 9.15 Å². The highest BCUT2D eigenvalue weighted by molar-refractivity contribution is 5.33. The number of aromatic nitrogens is 1. The highest BCUT2D eigenvalue weighted by Crippen LogP contribution is 2.26. The Bertz CT molecular complexity index is 457. The van der Waals surface area contributed by atoms with E-state index in [0.717, 1.165) is 11.3 Å². The molecule has 0 saturated heterocycles. The molecule has 5 nitrogen and oxygen atoms in total. The van der Waals surface area contributed by atoms with Crippen molar-refractivity contribution >= 4 is 0 Å². The summed E-state index contributed by atoms with van der Waals surface area (Å²) in [5.74, 6) is 7.15. The number of pyridine rings is 1. The monoisotopic (exact) mass is 233 g/mol. The van der Waals surface area contributed by atoms with Gasteiger partial charge in [0.1, 0.15) is 11.5 Å². The summed E-state index contributed by atoms with van der Waals surface area (Å²) in [5.41, 5.74) is 3.72. The summed E-state index contributed by atoms with van der Waals surface area (Å²) in [6.07, 6.45) is 5.68. The summed E-state index contributed by atoms with van der Waals surface area (Å²) in [6.45, 7) is 0.